The molecule has 0 aliphatic heterocycles. The van der Waals surface area contributed by atoms with Crippen molar-refractivity contribution in [3.05, 3.63) is 186 Å². The molecule has 1 aliphatic carbocycles. The Balaban J connectivity index is 1.35. The van der Waals surface area contributed by atoms with Gasteiger partial charge in [-0.2, -0.15) is 0 Å². The fraction of sp³-hybridized carbons (Fsp3) is 0.0732. The third-order valence-electron chi connectivity index (χ3n) is 8.77. The first-order chi connectivity index (χ1) is 21.0. The highest BCUT2D eigenvalue weighted by molar-refractivity contribution is 7.85. The van der Waals surface area contributed by atoms with Crippen LogP contribution in [0.15, 0.2) is 158 Å². The van der Waals surface area contributed by atoms with Crippen LogP contribution in [-0.2, 0) is 9.98 Å². The normalized spacial score (nSPS) is 13.2. The highest BCUT2D eigenvalue weighted by Crippen LogP contribution is 2.51. The fourth-order valence-corrected chi connectivity index (χ4v) is 9.16. The Morgan fingerprint density at radius 2 is 0.953 bits per heavy atom. The Labute approximate surface area is 254 Å². The summed E-state index contributed by atoms with van der Waals surface area (Å²) in [5.74, 6) is 0. The molecule has 2 heteroatoms. The van der Waals surface area contributed by atoms with Crippen LogP contribution in [0.1, 0.15) is 41.7 Å². The highest BCUT2D eigenvalue weighted by Gasteiger charge is 2.38. The highest BCUT2D eigenvalue weighted by atomic mass is 31.2. The molecule has 1 nitrogen and oxygen atoms in total. The average molecular weight is 573 g/mol. The molecule has 0 atom stereocenters. The molecule has 0 unspecified atom stereocenters. The molecule has 0 amide bonds. The van der Waals surface area contributed by atoms with Gasteiger partial charge < -0.3 is 4.57 Å². The Morgan fingerprint density at radius 1 is 0.512 bits per heavy atom. The molecule has 6 aromatic carbocycles. The van der Waals surface area contributed by atoms with Crippen LogP contribution < -0.4 is 15.9 Å². The van der Waals surface area contributed by atoms with Gasteiger partial charge in [0.25, 0.3) is 0 Å². The molecule has 0 heterocycles. The van der Waals surface area contributed by atoms with Gasteiger partial charge in [0.1, 0.15) is 0 Å². The molecule has 0 spiro atoms. The van der Waals surface area contributed by atoms with E-state index in [9.17, 15) is 0 Å². The standard InChI is InChI=1S/C41H33OP/c1-41(2)39-28-30(27-38(31-15-7-3-8-16-31)32-17-9-4-10-18-32)23-25-36(39)37-26-24-35(29-40(37)41)43(42,33-19-11-5-12-20-33)34-21-13-6-14-22-34/h3-29H,1-2H3. The third-order valence-corrected chi connectivity index (χ3v) is 11.8. The van der Waals surface area contributed by atoms with Gasteiger partial charge in [0.05, 0.1) is 0 Å². The van der Waals surface area contributed by atoms with E-state index in [1.54, 1.807) is 0 Å². The molecular weight excluding hydrogens is 539 g/mol. The summed E-state index contributed by atoms with van der Waals surface area (Å²) in [6.07, 6.45) is 2.30. The molecular formula is C41H33OP. The number of hydrogen-bond donors (Lipinski definition) is 0. The summed E-state index contributed by atoms with van der Waals surface area (Å²) in [4.78, 5) is 0. The van der Waals surface area contributed by atoms with Gasteiger partial charge in [-0.15, -0.1) is 0 Å². The lowest BCUT2D eigenvalue weighted by Gasteiger charge is -2.25. The van der Waals surface area contributed by atoms with Crippen molar-refractivity contribution in [1.82, 2.24) is 0 Å². The Bertz CT molecular complexity index is 1910. The average Bonchev–Trinajstić information content (AvgIpc) is 3.30. The van der Waals surface area contributed by atoms with Gasteiger partial charge >= 0.3 is 0 Å². The maximum atomic E-state index is 15.1. The van der Waals surface area contributed by atoms with Crippen molar-refractivity contribution in [2.75, 3.05) is 0 Å². The molecule has 1 aliphatic rings. The summed E-state index contributed by atoms with van der Waals surface area (Å²) in [7, 11) is -3.07. The Hall–Kier alpha value is -4.71. The van der Waals surface area contributed by atoms with Gasteiger partial charge in [0, 0.05) is 21.3 Å². The largest absolute Gasteiger partial charge is 0.309 e. The molecule has 0 aromatic heterocycles. The molecule has 0 bridgehead atoms. The van der Waals surface area contributed by atoms with Crippen LogP contribution in [0.2, 0.25) is 0 Å². The molecule has 0 radical (unpaired) electrons. The molecule has 0 saturated carbocycles. The molecule has 0 saturated heterocycles. The van der Waals surface area contributed by atoms with Gasteiger partial charge in [-0.3, -0.25) is 0 Å². The van der Waals surface area contributed by atoms with Crippen molar-refractivity contribution in [3.63, 3.8) is 0 Å². The SMILES string of the molecule is CC1(C)c2cc(C=C(c3ccccc3)c3ccccc3)ccc2-c2ccc(P(=O)(c3ccccc3)c3ccccc3)cc21. The fourth-order valence-electron chi connectivity index (χ4n) is 6.49. The van der Waals surface area contributed by atoms with E-state index in [1.165, 1.54) is 44.5 Å². The summed E-state index contributed by atoms with van der Waals surface area (Å²) in [6.45, 7) is 4.58. The van der Waals surface area contributed by atoms with Crippen molar-refractivity contribution < 1.29 is 4.57 Å². The van der Waals surface area contributed by atoms with Crippen molar-refractivity contribution in [1.29, 1.82) is 0 Å². The van der Waals surface area contributed by atoms with Crippen LogP contribution in [0.25, 0.3) is 22.8 Å². The van der Waals surface area contributed by atoms with Crippen LogP contribution in [-0.4, -0.2) is 0 Å². The lowest BCUT2D eigenvalue weighted by Crippen LogP contribution is -2.26. The van der Waals surface area contributed by atoms with E-state index in [0.717, 1.165) is 15.9 Å². The van der Waals surface area contributed by atoms with Crippen LogP contribution in [0, 0.1) is 0 Å². The first kappa shape index (κ1) is 27.1. The van der Waals surface area contributed by atoms with Crippen molar-refractivity contribution >= 4 is 34.7 Å². The summed E-state index contributed by atoms with van der Waals surface area (Å²) in [5, 5.41) is 2.59. The molecule has 6 aromatic rings. The van der Waals surface area contributed by atoms with E-state index >= 15 is 4.57 Å². The second-order valence-corrected chi connectivity index (χ2v) is 14.5. The van der Waals surface area contributed by atoms with E-state index in [-0.39, 0.29) is 5.41 Å². The van der Waals surface area contributed by atoms with Crippen LogP contribution in [0.3, 0.4) is 0 Å². The lowest BCUT2D eigenvalue weighted by molar-refractivity contribution is 0.592. The van der Waals surface area contributed by atoms with Crippen LogP contribution in [0.5, 0.6) is 0 Å². The second-order valence-electron chi connectivity index (χ2n) is 11.7. The van der Waals surface area contributed by atoms with E-state index in [4.69, 9.17) is 0 Å². The molecule has 0 fully saturated rings. The maximum absolute atomic E-state index is 15.1. The van der Waals surface area contributed by atoms with E-state index in [0.29, 0.717) is 0 Å². The van der Waals surface area contributed by atoms with E-state index < -0.39 is 7.14 Å². The Kier molecular flexibility index (Phi) is 6.85. The van der Waals surface area contributed by atoms with Crippen molar-refractivity contribution in [3.8, 4) is 11.1 Å². The van der Waals surface area contributed by atoms with Crippen molar-refractivity contribution in [2.24, 2.45) is 0 Å². The first-order valence-corrected chi connectivity index (χ1v) is 16.5. The number of benzene rings is 6. The van der Waals surface area contributed by atoms with Gasteiger partial charge in [-0.05, 0) is 56.7 Å². The minimum Gasteiger partial charge on any atom is -0.309 e. The first-order valence-electron chi connectivity index (χ1n) is 14.8. The number of hydrogen-bond acceptors (Lipinski definition) is 1. The quantitative estimate of drug-likeness (QED) is 0.144. The maximum Gasteiger partial charge on any atom is 0.171 e. The molecule has 208 valence electrons. The summed E-state index contributed by atoms with van der Waals surface area (Å²) < 4.78 is 15.1. The predicted molar refractivity (Wildman–Crippen MR) is 183 cm³/mol. The zero-order chi connectivity index (χ0) is 29.4. The monoisotopic (exact) mass is 572 g/mol. The summed E-state index contributed by atoms with van der Waals surface area (Å²) in [5.41, 5.74) is 9.49. The molecule has 7 rings (SSSR count). The summed E-state index contributed by atoms with van der Waals surface area (Å²) >= 11 is 0. The summed E-state index contributed by atoms with van der Waals surface area (Å²) in [6, 6.07) is 54.4. The van der Waals surface area contributed by atoms with Crippen LogP contribution in [0.4, 0.5) is 0 Å². The van der Waals surface area contributed by atoms with E-state index in [2.05, 4.69) is 117 Å². The van der Waals surface area contributed by atoms with Crippen molar-refractivity contribution in [2.45, 2.75) is 19.3 Å². The van der Waals surface area contributed by atoms with Gasteiger partial charge in [0.15, 0.2) is 7.14 Å². The van der Waals surface area contributed by atoms with E-state index in [1.807, 2.05) is 60.7 Å². The lowest BCUT2D eigenvalue weighted by atomic mass is 9.82. The third kappa shape index (κ3) is 4.71. The molecule has 0 N–H and O–H groups in total. The smallest absolute Gasteiger partial charge is 0.171 e. The van der Waals surface area contributed by atoms with Gasteiger partial charge in [-0.1, -0.05) is 166 Å². The van der Waals surface area contributed by atoms with Gasteiger partial charge in [-0.25, -0.2) is 0 Å². The molecule has 43 heavy (non-hydrogen) atoms. The minimum atomic E-state index is -3.07. The number of rotatable bonds is 6. The Morgan fingerprint density at radius 3 is 1.47 bits per heavy atom. The minimum absolute atomic E-state index is 0.248. The second kappa shape index (κ2) is 10.8. The van der Waals surface area contributed by atoms with Crippen LogP contribution >= 0.6 is 7.14 Å². The predicted octanol–water partition coefficient (Wildman–Crippen LogP) is 9.22. The van der Waals surface area contributed by atoms with Gasteiger partial charge in [0.2, 0.25) is 0 Å². The zero-order valence-corrected chi connectivity index (χ0v) is 25.3. The number of fused-ring (bicyclic) bond motifs is 3. The topological polar surface area (TPSA) is 17.1 Å². The zero-order valence-electron chi connectivity index (χ0n) is 24.4.